The molecule has 0 spiro atoms. The zero-order valence-electron chi connectivity index (χ0n) is 13.2. The number of amides is 1. The molecule has 0 heterocycles. The van der Waals surface area contributed by atoms with E-state index in [1.807, 2.05) is 24.3 Å². The molecule has 0 aliphatic heterocycles. The summed E-state index contributed by atoms with van der Waals surface area (Å²) in [5, 5.41) is 2.80. The Kier molecular flexibility index (Phi) is 10.0. The van der Waals surface area contributed by atoms with Crippen molar-refractivity contribution in [2.75, 3.05) is 33.5 Å². The van der Waals surface area contributed by atoms with Crippen LogP contribution < -0.4 is 16.0 Å². The molecule has 0 unspecified atom stereocenters. The fraction of sp³-hybridized carbons (Fsp3) is 0.562. The minimum absolute atomic E-state index is 0.0412. The molecule has 0 fully saturated rings. The van der Waals surface area contributed by atoms with Gasteiger partial charge >= 0.3 is 0 Å². The summed E-state index contributed by atoms with van der Waals surface area (Å²) in [6.45, 7) is 2.28. The molecule has 1 aromatic rings. The Bertz CT molecular complexity index is 409. The summed E-state index contributed by atoms with van der Waals surface area (Å²) in [6.07, 6.45) is 2.98. The first kappa shape index (κ1) is 18.4. The predicted octanol–water partition coefficient (Wildman–Crippen LogP) is 1.43. The number of benzene rings is 1. The van der Waals surface area contributed by atoms with E-state index in [2.05, 4.69) is 10.2 Å². The monoisotopic (exact) mass is 310 g/mol. The molecular formula is C16H26N2O4. The summed E-state index contributed by atoms with van der Waals surface area (Å²) in [5.41, 5.74) is 1.12. The number of rotatable bonds is 12. The van der Waals surface area contributed by atoms with Gasteiger partial charge < -0.3 is 19.6 Å². The number of carbonyl (C=O) groups is 1. The van der Waals surface area contributed by atoms with E-state index in [1.165, 1.54) is 0 Å². The second-order valence-electron chi connectivity index (χ2n) is 4.91. The van der Waals surface area contributed by atoms with E-state index in [0.717, 1.165) is 24.2 Å². The van der Waals surface area contributed by atoms with Gasteiger partial charge in [-0.05, 0) is 37.0 Å². The van der Waals surface area contributed by atoms with Crippen LogP contribution in [0, 0.1) is 0 Å². The molecule has 0 saturated heterocycles. The SMILES string of the molecule is COCCNC(=O)CCc1ccc(OCCCCON)cc1. The number of methoxy groups -OCH3 is 1. The van der Waals surface area contributed by atoms with Gasteiger partial charge in [-0.1, -0.05) is 12.1 Å². The molecule has 1 aromatic carbocycles. The highest BCUT2D eigenvalue weighted by atomic mass is 16.6. The molecule has 0 aromatic heterocycles. The third-order valence-electron chi connectivity index (χ3n) is 3.12. The van der Waals surface area contributed by atoms with Crippen LogP contribution in [0.2, 0.25) is 0 Å². The maximum absolute atomic E-state index is 11.6. The van der Waals surface area contributed by atoms with Gasteiger partial charge in [0.05, 0.1) is 19.8 Å². The lowest BCUT2D eigenvalue weighted by Gasteiger charge is -2.07. The van der Waals surface area contributed by atoms with Crippen molar-refractivity contribution in [1.29, 1.82) is 0 Å². The molecule has 1 amide bonds. The Morgan fingerprint density at radius 3 is 2.55 bits per heavy atom. The van der Waals surface area contributed by atoms with Gasteiger partial charge in [-0.2, -0.15) is 0 Å². The Hall–Kier alpha value is -1.63. The minimum atomic E-state index is 0.0412. The van der Waals surface area contributed by atoms with Crippen molar-refractivity contribution in [3.8, 4) is 5.75 Å². The van der Waals surface area contributed by atoms with Gasteiger partial charge in [-0.3, -0.25) is 4.79 Å². The number of unbranched alkanes of at least 4 members (excludes halogenated alkanes) is 1. The Morgan fingerprint density at radius 2 is 1.86 bits per heavy atom. The zero-order valence-corrected chi connectivity index (χ0v) is 13.2. The van der Waals surface area contributed by atoms with Gasteiger partial charge in [-0.15, -0.1) is 0 Å². The van der Waals surface area contributed by atoms with Crippen LogP contribution in [0.3, 0.4) is 0 Å². The van der Waals surface area contributed by atoms with E-state index in [9.17, 15) is 4.79 Å². The molecule has 0 atom stereocenters. The average molecular weight is 310 g/mol. The Balaban J connectivity index is 2.19. The van der Waals surface area contributed by atoms with E-state index >= 15 is 0 Å². The van der Waals surface area contributed by atoms with E-state index in [-0.39, 0.29) is 5.91 Å². The van der Waals surface area contributed by atoms with Crippen molar-refractivity contribution in [3.05, 3.63) is 29.8 Å². The highest BCUT2D eigenvalue weighted by molar-refractivity contribution is 5.76. The maximum atomic E-state index is 11.6. The first-order valence-corrected chi connectivity index (χ1v) is 7.55. The molecule has 124 valence electrons. The minimum Gasteiger partial charge on any atom is -0.494 e. The first-order valence-electron chi connectivity index (χ1n) is 7.55. The molecule has 6 nitrogen and oxygen atoms in total. The van der Waals surface area contributed by atoms with Gasteiger partial charge in [0.1, 0.15) is 5.75 Å². The molecule has 0 radical (unpaired) electrons. The van der Waals surface area contributed by atoms with E-state index < -0.39 is 0 Å². The smallest absolute Gasteiger partial charge is 0.220 e. The number of hydrogen-bond acceptors (Lipinski definition) is 5. The molecule has 0 saturated carbocycles. The molecule has 0 aliphatic carbocycles. The molecule has 6 heteroatoms. The quantitative estimate of drug-likeness (QED) is 0.451. The average Bonchev–Trinajstić information content (AvgIpc) is 2.54. The molecule has 1 rings (SSSR count). The topological polar surface area (TPSA) is 82.8 Å². The van der Waals surface area contributed by atoms with Gasteiger partial charge in [0.25, 0.3) is 0 Å². The summed E-state index contributed by atoms with van der Waals surface area (Å²) < 4.78 is 10.5. The van der Waals surface area contributed by atoms with Crippen molar-refractivity contribution >= 4 is 5.91 Å². The van der Waals surface area contributed by atoms with Crippen molar-refractivity contribution in [3.63, 3.8) is 0 Å². The fourth-order valence-corrected chi connectivity index (χ4v) is 1.87. The summed E-state index contributed by atoms with van der Waals surface area (Å²) in [6, 6.07) is 7.83. The first-order chi connectivity index (χ1) is 10.8. The van der Waals surface area contributed by atoms with Crippen LogP contribution in [0.5, 0.6) is 5.75 Å². The van der Waals surface area contributed by atoms with Crippen molar-refractivity contribution in [2.45, 2.75) is 25.7 Å². The lowest BCUT2D eigenvalue weighted by molar-refractivity contribution is -0.121. The summed E-state index contributed by atoms with van der Waals surface area (Å²) >= 11 is 0. The number of hydrogen-bond donors (Lipinski definition) is 2. The predicted molar refractivity (Wildman–Crippen MR) is 84.5 cm³/mol. The molecule has 0 bridgehead atoms. The van der Waals surface area contributed by atoms with Crippen LogP contribution in [-0.4, -0.2) is 39.4 Å². The van der Waals surface area contributed by atoms with Crippen molar-refractivity contribution in [1.82, 2.24) is 5.32 Å². The summed E-state index contributed by atoms with van der Waals surface area (Å²) in [4.78, 5) is 16.1. The number of nitrogens with one attached hydrogen (secondary N) is 1. The Labute approximate surface area is 131 Å². The van der Waals surface area contributed by atoms with Gasteiger partial charge in [0.15, 0.2) is 0 Å². The third kappa shape index (κ3) is 8.61. The standard InChI is InChI=1S/C16H26N2O4/c1-20-13-10-18-16(19)9-6-14-4-7-15(8-5-14)21-11-2-3-12-22-17/h4-5,7-8H,2-3,6,9-13,17H2,1H3,(H,18,19). The number of nitrogens with two attached hydrogens (primary N) is 1. The van der Waals surface area contributed by atoms with Crippen molar-refractivity contribution < 1.29 is 19.1 Å². The van der Waals surface area contributed by atoms with Crippen LogP contribution in [0.4, 0.5) is 0 Å². The highest BCUT2D eigenvalue weighted by Gasteiger charge is 2.02. The summed E-state index contributed by atoms with van der Waals surface area (Å²) in [7, 11) is 1.61. The molecule has 3 N–H and O–H groups in total. The van der Waals surface area contributed by atoms with Crippen molar-refractivity contribution in [2.24, 2.45) is 5.90 Å². The van der Waals surface area contributed by atoms with Gasteiger partial charge in [0.2, 0.25) is 5.91 Å². The van der Waals surface area contributed by atoms with Crippen LogP contribution >= 0.6 is 0 Å². The molecule has 0 aliphatic rings. The normalized spacial score (nSPS) is 10.5. The zero-order chi connectivity index (χ0) is 16.0. The largest absolute Gasteiger partial charge is 0.494 e. The van der Waals surface area contributed by atoms with E-state index in [4.69, 9.17) is 15.4 Å². The van der Waals surface area contributed by atoms with Crippen LogP contribution in [-0.2, 0) is 20.8 Å². The highest BCUT2D eigenvalue weighted by Crippen LogP contribution is 2.13. The number of ether oxygens (including phenoxy) is 2. The lowest BCUT2D eigenvalue weighted by atomic mass is 10.1. The summed E-state index contributed by atoms with van der Waals surface area (Å²) in [5.74, 6) is 5.82. The third-order valence-corrected chi connectivity index (χ3v) is 3.12. The number of aryl methyl sites for hydroxylation is 1. The van der Waals surface area contributed by atoms with E-state index in [0.29, 0.717) is 39.2 Å². The molecule has 22 heavy (non-hydrogen) atoms. The van der Waals surface area contributed by atoms with Gasteiger partial charge in [-0.25, -0.2) is 5.90 Å². The van der Waals surface area contributed by atoms with Gasteiger partial charge in [0, 0.05) is 20.1 Å². The lowest BCUT2D eigenvalue weighted by Crippen LogP contribution is -2.27. The number of carbonyl (C=O) groups excluding carboxylic acids is 1. The maximum Gasteiger partial charge on any atom is 0.220 e. The molecular weight excluding hydrogens is 284 g/mol. The van der Waals surface area contributed by atoms with Crippen LogP contribution in [0.25, 0.3) is 0 Å². The van der Waals surface area contributed by atoms with E-state index in [1.54, 1.807) is 7.11 Å². The van der Waals surface area contributed by atoms with Crippen LogP contribution in [0.1, 0.15) is 24.8 Å². The second-order valence-corrected chi connectivity index (χ2v) is 4.91. The van der Waals surface area contributed by atoms with Crippen LogP contribution in [0.15, 0.2) is 24.3 Å². The fourth-order valence-electron chi connectivity index (χ4n) is 1.87. The Morgan fingerprint density at radius 1 is 1.14 bits per heavy atom. The second kappa shape index (κ2) is 12.0.